The van der Waals surface area contributed by atoms with Crippen LogP contribution in [0.5, 0.6) is 0 Å². The molecule has 16 heavy (non-hydrogen) atoms. The van der Waals surface area contributed by atoms with E-state index in [0.717, 1.165) is 26.2 Å². The quantitative estimate of drug-likeness (QED) is 0.735. The number of nitrogens with zero attached hydrogens (tertiary/aromatic N) is 3. The van der Waals surface area contributed by atoms with E-state index in [0.29, 0.717) is 18.4 Å². The summed E-state index contributed by atoms with van der Waals surface area (Å²) < 4.78 is 1.69. The molecule has 2 unspecified atom stereocenters. The summed E-state index contributed by atoms with van der Waals surface area (Å²) in [6.07, 6.45) is 3.53. The van der Waals surface area contributed by atoms with Crippen LogP contribution in [0.3, 0.4) is 0 Å². The number of hydrogen-bond donors (Lipinski definition) is 1. The van der Waals surface area contributed by atoms with Gasteiger partial charge in [0.05, 0.1) is 0 Å². The minimum atomic E-state index is 0.193. The second kappa shape index (κ2) is 3.90. The van der Waals surface area contributed by atoms with Crippen LogP contribution in [0, 0.1) is 11.8 Å². The smallest absolute Gasteiger partial charge is 0.244 e. The summed E-state index contributed by atoms with van der Waals surface area (Å²) in [5, 5.41) is 7.43. The molecule has 1 amide bonds. The lowest BCUT2D eigenvalue weighted by Crippen LogP contribution is -2.34. The van der Waals surface area contributed by atoms with Crippen molar-refractivity contribution in [2.24, 2.45) is 11.8 Å². The van der Waals surface area contributed by atoms with Crippen molar-refractivity contribution in [1.29, 1.82) is 0 Å². The molecule has 0 aliphatic carbocycles. The van der Waals surface area contributed by atoms with E-state index in [1.54, 1.807) is 10.9 Å². The van der Waals surface area contributed by atoms with E-state index < -0.39 is 0 Å². The van der Waals surface area contributed by atoms with E-state index in [9.17, 15) is 4.79 Å². The van der Waals surface area contributed by atoms with E-state index in [4.69, 9.17) is 0 Å². The van der Waals surface area contributed by atoms with Crippen LogP contribution in [0.1, 0.15) is 0 Å². The highest BCUT2D eigenvalue weighted by Crippen LogP contribution is 2.26. The summed E-state index contributed by atoms with van der Waals surface area (Å²) in [5.41, 5.74) is 0. The molecule has 0 bridgehead atoms. The first-order chi connectivity index (χ1) is 7.83. The van der Waals surface area contributed by atoms with Crippen LogP contribution in [-0.2, 0) is 11.3 Å². The maximum absolute atomic E-state index is 12.0. The van der Waals surface area contributed by atoms with Crippen molar-refractivity contribution < 1.29 is 4.79 Å². The Labute approximate surface area is 94.4 Å². The molecule has 3 heterocycles. The van der Waals surface area contributed by atoms with E-state index in [1.807, 2.05) is 17.2 Å². The van der Waals surface area contributed by atoms with Crippen molar-refractivity contribution in [2.75, 3.05) is 26.2 Å². The SMILES string of the molecule is O=C(Cn1cccn1)N1CC2CNCC2C1. The summed E-state index contributed by atoms with van der Waals surface area (Å²) >= 11 is 0. The highest BCUT2D eigenvalue weighted by Gasteiger charge is 2.37. The summed E-state index contributed by atoms with van der Waals surface area (Å²) in [5.74, 6) is 1.53. The van der Waals surface area contributed by atoms with Gasteiger partial charge in [-0.15, -0.1) is 0 Å². The van der Waals surface area contributed by atoms with Crippen LogP contribution in [0.25, 0.3) is 0 Å². The van der Waals surface area contributed by atoms with Gasteiger partial charge in [-0.25, -0.2) is 0 Å². The number of amides is 1. The average molecular weight is 220 g/mol. The fourth-order valence-corrected chi connectivity index (χ4v) is 2.69. The summed E-state index contributed by atoms with van der Waals surface area (Å²) in [6.45, 7) is 4.34. The Morgan fingerprint density at radius 2 is 2.12 bits per heavy atom. The standard InChI is InChI=1S/C11H16N4O/c16-11(8-15-3-1-2-13-15)14-6-9-4-12-5-10(9)7-14/h1-3,9-10,12H,4-8H2. The van der Waals surface area contributed by atoms with Gasteiger partial charge >= 0.3 is 0 Å². The third kappa shape index (κ3) is 1.71. The molecule has 1 aromatic heterocycles. The van der Waals surface area contributed by atoms with Gasteiger partial charge in [0.15, 0.2) is 0 Å². The first-order valence-electron chi connectivity index (χ1n) is 5.79. The van der Waals surface area contributed by atoms with Gasteiger partial charge < -0.3 is 10.2 Å². The number of carbonyl (C=O) groups is 1. The number of hydrogen-bond acceptors (Lipinski definition) is 3. The number of aromatic nitrogens is 2. The van der Waals surface area contributed by atoms with Gasteiger partial charge in [-0.3, -0.25) is 9.48 Å². The zero-order valence-electron chi connectivity index (χ0n) is 9.17. The predicted octanol–water partition coefficient (Wildman–Crippen LogP) is -0.439. The normalized spacial score (nSPS) is 28.4. The second-order valence-corrected chi connectivity index (χ2v) is 4.68. The van der Waals surface area contributed by atoms with Crippen molar-refractivity contribution in [3.8, 4) is 0 Å². The Morgan fingerprint density at radius 3 is 2.75 bits per heavy atom. The molecule has 0 aromatic carbocycles. The first-order valence-corrected chi connectivity index (χ1v) is 5.79. The zero-order valence-corrected chi connectivity index (χ0v) is 9.17. The summed E-state index contributed by atoms with van der Waals surface area (Å²) in [4.78, 5) is 14.0. The highest BCUT2D eigenvalue weighted by atomic mass is 16.2. The van der Waals surface area contributed by atoms with Crippen LogP contribution in [0.15, 0.2) is 18.5 Å². The van der Waals surface area contributed by atoms with E-state index in [2.05, 4.69) is 10.4 Å². The third-order valence-corrected chi connectivity index (χ3v) is 3.60. The van der Waals surface area contributed by atoms with Gasteiger partial charge in [0.25, 0.3) is 0 Å². The maximum atomic E-state index is 12.0. The van der Waals surface area contributed by atoms with Gasteiger partial charge in [-0.2, -0.15) is 5.10 Å². The van der Waals surface area contributed by atoms with Crippen molar-refractivity contribution in [3.63, 3.8) is 0 Å². The molecule has 1 N–H and O–H groups in total. The van der Waals surface area contributed by atoms with E-state index in [1.165, 1.54) is 0 Å². The molecule has 3 rings (SSSR count). The lowest BCUT2D eigenvalue weighted by atomic mass is 10.0. The minimum Gasteiger partial charge on any atom is -0.340 e. The first kappa shape index (κ1) is 9.84. The van der Waals surface area contributed by atoms with E-state index >= 15 is 0 Å². The van der Waals surface area contributed by atoms with Gasteiger partial charge in [0.1, 0.15) is 6.54 Å². The van der Waals surface area contributed by atoms with Crippen molar-refractivity contribution in [1.82, 2.24) is 20.0 Å². The minimum absolute atomic E-state index is 0.193. The molecule has 86 valence electrons. The second-order valence-electron chi connectivity index (χ2n) is 4.68. The molecule has 1 aromatic rings. The van der Waals surface area contributed by atoms with Crippen LogP contribution < -0.4 is 5.32 Å². The third-order valence-electron chi connectivity index (χ3n) is 3.60. The van der Waals surface area contributed by atoms with Crippen LogP contribution >= 0.6 is 0 Å². The monoisotopic (exact) mass is 220 g/mol. The summed E-state index contributed by atoms with van der Waals surface area (Å²) in [7, 11) is 0. The van der Waals surface area contributed by atoms with Crippen LogP contribution in [-0.4, -0.2) is 46.8 Å². The fourth-order valence-electron chi connectivity index (χ4n) is 2.69. The molecule has 2 atom stereocenters. The Bertz CT molecular complexity index is 363. The number of carbonyl (C=O) groups excluding carboxylic acids is 1. The van der Waals surface area contributed by atoms with E-state index in [-0.39, 0.29) is 5.91 Å². The Kier molecular flexibility index (Phi) is 2.40. The molecule has 2 saturated heterocycles. The molecule has 2 fully saturated rings. The Hall–Kier alpha value is -1.36. The molecule has 5 heteroatoms. The molecule has 2 aliphatic rings. The topological polar surface area (TPSA) is 50.2 Å². The maximum Gasteiger partial charge on any atom is 0.244 e. The van der Waals surface area contributed by atoms with Gasteiger partial charge in [0.2, 0.25) is 5.91 Å². The summed E-state index contributed by atoms with van der Waals surface area (Å²) in [6, 6.07) is 1.84. The lowest BCUT2D eigenvalue weighted by Gasteiger charge is -2.17. The molecular weight excluding hydrogens is 204 g/mol. The Morgan fingerprint density at radius 1 is 1.38 bits per heavy atom. The Balaban J connectivity index is 1.60. The molecule has 0 spiro atoms. The van der Waals surface area contributed by atoms with Crippen LogP contribution in [0.2, 0.25) is 0 Å². The van der Waals surface area contributed by atoms with Gasteiger partial charge in [-0.05, 0) is 17.9 Å². The van der Waals surface area contributed by atoms with Crippen molar-refractivity contribution in [3.05, 3.63) is 18.5 Å². The van der Waals surface area contributed by atoms with Crippen molar-refractivity contribution in [2.45, 2.75) is 6.54 Å². The number of nitrogens with one attached hydrogen (secondary N) is 1. The van der Waals surface area contributed by atoms with Gasteiger partial charge in [0, 0.05) is 38.6 Å². The zero-order chi connectivity index (χ0) is 11.0. The van der Waals surface area contributed by atoms with Crippen molar-refractivity contribution >= 4 is 5.91 Å². The van der Waals surface area contributed by atoms with Crippen LogP contribution in [0.4, 0.5) is 0 Å². The number of likely N-dealkylation sites (tertiary alicyclic amines) is 1. The predicted molar refractivity (Wildman–Crippen MR) is 58.7 cm³/mol. The number of fused-ring (bicyclic) bond motifs is 1. The molecule has 5 nitrogen and oxygen atoms in total. The number of rotatable bonds is 2. The molecule has 2 aliphatic heterocycles. The molecular formula is C11H16N4O. The molecule has 0 saturated carbocycles. The average Bonchev–Trinajstić information content (AvgIpc) is 2.91. The largest absolute Gasteiger partial charge is 0.340 e. The highest BCUT2D eigenvalue weighted by molar-refractivity contribution is 5.76. The molecule has 0 radical (unpaired) electrons. The lowest BCUT2D eigenvalue weighted by molar-refractivity contribution is -0.131. The van der Waals surface area contributed by atoms with Gasteiger partial charge in [-0.1, -0.05) is 0 Å². The fraction of sp³-hybridized carbons (Fsp3) is 0.636.